The number of hydrazine groups is 1. The van der Waals surface area contributed by atoms with Crippen LogP contribution in [0.3, 0.4) is 0 Å². The van der Waals surface area contributed by atoms with Crippen molar-refractivity contribution in [1.29, 1.82) is 0 Å². The van der Waals surface area contributed by atoms with E-state index in [0.29, 0.717) is 5.75 Å². The van der Waals surface area contributed by atoms with Crippen LogP contribution in [0.5, 0.6) is 5.75 Å². The van der Waals surface area contributed by atoms with Gasteiger partial charge in [0.05, 0.1) is 16.8 Å². The molecule has 0 radical (unpaired) electrons. The summed E-state index contributed by atoms with van der Waals surface area (Å²) in [4.78, 5) is 0. The molecule has 0 aromatic heterocycles. The van der Waals surface area contributed by atoms with E-state index >= 15 is 0 Å². The van der Waals surface area contributed by atoms with Crippen molar-refractivity contribution >= 4 is 17.3 Å². The highest BCUT2D eigenvalue weighted by Gasteiger charge is 2.09. The van der Waals surface area contributed by atoms with Crippen LogP contribution in [0.4, 0.5) is 10.1 Å². The zero-order chi connectivity index (χ0) is 10.7. The van der Waals surface area contributed by atoms with E-state index in [9.17, 15) is 4.39 Å². The van der Waals surface area contributed by atoms with Gasteiger partial charge < -0.3 is 10.2 Å². The minimum atomic E-state index is -0.506. The molecule has 1 aromatic carbocycles. The smallest absolute Gasteiger partial charge is 0.149 e. The van der Waals surface area contributed by atoms with Crippen LogP contribution in [-0.4, -0.2) is 6.10 Å². The number of hydrogen-bond donors (Lipinski definition) is 2. The molecule has 0 saturated heterocycles. The van der Waals surface area contributed by atoms with Gasteiger partial charge in [0.25, 0.3) is 0 Å². The molecule has 1 aromatic rings. The van der Waals surface area contributed by atoms with Crippen molar-refractivity contribution in [2.24, 2.45) is 5.84 Å². The van der Waals surface area contributed by atoms with Gasteiger partial charge >= 0.3 is 0 Å². The number of rotatable bonds is 3. The maximum absolute atomic E-state index is 13.1. The predicted molar refractivity (Wildman–Crippen MR) is 55.0 cm³/mol. The van der Waals surface area contributed by atoms with Gasteiger partial charge in [0.1, 0.15) is 11.6 Å². The molecule has 78 valence electrons. The van der Waals surface area contributed by atoms with E-state index in [1.165, 1.54) is 6.07 Å². The Labute approximate surface area is 87.0 Å². The lowest BCUT2D eigenvalue weighted by atomic mass is 10.3. The van der Waals surface area contributed by atoms with E-state index in [2.05, 4.69) is 5.43 Å². The van der Waals surface area contributed by atoms with Crippen molar-refractivity contribution in [2.75, 3.05) is 5.43 Å². The number of ether oxygens (including phenoxy) is 1. The molecule has 3 N–H and O–H groups in total. The maximum atomic E-state index is 13.1. The highest BCUT2D eigenvalue weighted by Crippen LogP contribution is 2.30. The van der Waals surface area contributed by atoms with Gasteiger partial charge in [-0.05, 0) is 19.9 Å². The first-order valence-electron chi connectivity index (χ1n) is 4.17. The summed E-state index contributed by atoms with van der Waals surface area (Å²) < 4.78 is 18.4. The summed E-state index contributed by atoms with van der Waals surface area (Å²) >= 11 is 5.77. The van der Waals surface area contributed by atoms with Crippen molar-refractivity contribution in [3.63, 3.8) is 0 Å². The molecule has 0 aliphatic rings. The summed E-state index contributed by atoms with van der Waals surface area (Å²) in [5.41, 5.74) is 2.38. The van der Waals surface area contributed by atoms with Crippen molar-refractivity contribution in [3.8, 4) is 5.75 Å². The van der Waals surface area contributed by atoms with Crippen LogP contribution in [0.15, 0.2) is 12.1 Å². The molecule has 0 bridgehead atoms. The number of nitrogen functional groups attached to an aromatic ring is 1. The molecule has 0 saturated carbocycles. The Morgan fingerprint density at radius 3 is 2.64 bits per heavy atom. The third kappa shape index (κ3) is 2.49. The average molecular weight is 219 g/mol. The standard InChI is InChI=1S/C9H12ClFN2O/c1-5(2)14-9-4-8(13-12)7(11)3-6(9)10/h3-5,13H,12H2,1-2H3. The Balaban J connectivity index is 3.04. The lowest BCUT2D eigenvalue weighted by Gasteiger charge is -2.13. The first-order valence-corrected chi connectivity index (χ1v) is 4.54. The molecular formula is C9H12ClFN2O. The van der Waals surface area contributed by atoms with Crippen molar-refractivity contribution in [1.82, 2.24) is 0 Å². The largest absolute Gasteiger partial charge is 0.489 e. The molecule has 0 aliphatic carbocycles. The minimum absolute atomic E-state index is 0.0245. The first-order chi connectivity index (χ1) is 6.54. The van der Waals surface area contributed by atoms with E-state index in [4.69, 9.17) is 22.2 Å². The van der Waals surface area contributed by atoms with Gasteiger partial charge in [0.15, 0.2) is 0 Å². The normalized spacial score (nSPS) is 10.4. The fraction of sp³-hybridized carbons (Fsp3) is 0.333. The van der Waals surface area contributed by atoms with Gasteiger partial charge in [-0.15, -0.1) is 0 Å². The Kier molecular flexibility index (Phi) is 3.55. The molecule has 0 spiro atoms. The monoisotopic (exact) mass is 218 g/mol. The van der Waals surface area contributed by atoms with Gasteiger partial charge in [-0.2, -0.15) is 0 Å². The molecule has 0 amide bonds. The van der Waals surface area contributed by atoms with Crippen LogP contribution >= 0.6 is 11.6 Å². The number of hydrogen-bond acceptors (Lipinski definition) is 3. The minimum Gasteiger partial charge on any atom is -0.489 e. The second-order valence-corrected chi connectivity index (χ2v) is 3.48. The Morgan fingerprint density at radius 2 is 2.14 bits per heavy atom. The molecule has 5 heteroatoms. The topological polar surface area (TPSA) is 47.3 Å². The average Bonchev–Trinajstić information content (AvgIpc) is 2.09. The van der Waals surface area contributed by atoms with E-state index in [1.54, 1.807) is 0 Å². The first kappa shape index (κ1) is 11.1. The van der Waals surface area contributed by atoms with Crippen LogP contribution in [-0.2, 0) is 0 Å². The number of halogens is 2. The van der Waals surface area contributed by atoms with Gasteiger partial charge in [0.2, 0.25) is 0 Å². The fourth-order valence-electron chi connectivity index (χ4n) is 0.984. The van der Waals surface area contributed by atoms with E-state index in [1.807, 2.05) is 13.8 Å². The third-order valence-electron chi connectivity index (χ3n) is 1.54. The van der Waals surface area contributed by atoms with Crippen LogP contribution < -0.4 is 16.0 Å². The summed E-state index contributed by atoms with van der Waals surface area (Å²) in [7, 11) is 0. The molecule has 0 fully saturated rings. The zero-order valence-corrected chi connectivity index (χ0v) is 8.73. The lowest BCUT2D eigenvalue weighted by Crippen LogP contribution is -2.10. The SMILES string of the molecule is CC(C)Oc1cc(NN)c(F)cc1Cl. The predicted octanol–water partition coefficient (Wildman–Crippen LogP) is 2.55. The Bertz CT molecular complexity index is 331. The molecule has 1 rings (SSSR count). The lowest BCUT2D eigenvalue weighted by molar-refractivity contribution is 0.242. The molecule has 0 heterocycles. The number of nitrogens with one attached hydrogen (secondary N) is 1. The summed E-state index contributed by atoms with van der Waals surface area (Å²) in [5.74, 6) is 5.02. The van der Waals surface area contributed by atoms with Gasteiger partial charge in [-0.25, -0.2) is 4.39 Å². The van der Waals surface area contributed by atoms with Gasteiger partial charge in [0, 0.05) is 6.07 Å². The zero-order valence-electron chi connectivity index (χ0n) is 7.97. The number of nitrogens with two attached hydrogens (primary N) is 1. The molecule has 3 nitrogen and oxygen atoms in total. The third-order valence-corrected chi connectivity index (χ3v) is 1.84. The highest BCUT2D eigenvalue weighted by molar-refractivity contribution is 6.32. The molecule has 0 aliphatic heterocycles. The van der Waals surface area contributed by atoms with E-state index in [-0.39, 0.29) is 16.8 Å². The number of anilines is 1. The van der Waals surface area contributed by atoms with Crippen LogP contribution in [0.2, 0.25) is 5.02 Å². The fourth-order valence-corrected chi connectivity index (χ4v) is 1.18. The van der Waals surface area contributed by atoms with Crippen LogP contribution in [0, 0.1) is 5.82 Å². The van der Waals surface area contributed by atoms with Crippen LogP contribution in [0.1, 0.15) is 13.8 Å². The molecular weight excluding hydrogens is 207 g/mol. The maximum Gasteiger partial charge on any atom is 0.149 e. The van der Waals surface area contributed by atoms with Crippen molar-refractivity contribution in [3.05, 3.63) is 23.0 Å². The Hall–Kier alpha value is -1.00. The quantitative estimate of drug-likeness (QED) is 0.606. The van der Waals surface area contributed by atoms with Crippen molar-refractivity contribution < 1.29 is 9.13 Å². The Morgan fingerprint density at radius 1 is 1.50 bits per heavy atom. The molecule has 0 atom stereocenters. The summed E-state index contributed by atoms with van der Waals surface area (Å²) in [6.07, 6.45) is -0.0245. The second kappa shape index (κ2) is 4.48. The summed E-state index contributed by atoms with van der Waals surface area (Å²) in [5, 5.41) is 0.232. The van der Waals surface area contributed by atoms with Crippen molar-refractivity contribution in [2.45, 2.75) is 20.0 Å². The van der Waals surface area contributed by atoms with Gasteiger partial charge in [-0.3, -0.25) is 5.84 Å². The van der Waals surface area contributed by atoms with Crippen LogP contribution in [0.25, 0.3) is 0 Å². The summed E-state index contributed by atoms with van der Waals surface area (Å²) in [6.45, 7) is 3.71. The molecule has 0 unspecified atom stereocenters. The van der Waals surface area contributed by atoms with Gasteiger partial charge in [-0.1, -0.05) is 11.6 Å². The molecule has 14 heavy (non-hydrogen) atoms. The number of benzene rings is 1. The summed E-state index contributed by atoms with van der Waals surface area (Å²) in [6, 6.07) is 2.59. The van der Waals surface area contributed by atoms with E-state index < -0.39 is 5.82 Å². The highest BCUT2D eigenvalue weighted by atomic mass is 35.5. The van der Waals surface area contributed by atoms with E-state index in [0.717, 1.165) is 6.07 Å². The second-order valence-electron chi connectivity index (χ2n) is 3.07.